The third kappa shape index (κ3) is 3.14. The number of nitrogens with one attached hydrogen (secondary N) is 2. The molecule has 0 aromatic carbocycles. The van der Waals surface area contributed by atoms with E-state index in [0.717, 1.165) is 18.7 Å². The molecular weight excluding hydrogens is 214 g/mol. The molecule has 1 heterocycles. The molecule has 2 N–H and O–H groups in total. The first-order valence-electron chi connectivity index (χ1n) is 5.97. The van der Waals surface area contributed by atoms with E-state index < -0.39 is 0 Å². The number of nitrogens with zero attached hydrogens (tertiary/aromatic N) is 3. The molecule has 0 bridgehead atoms. The molecule has 0 saturated heterocycles. The molecule has 1 aliphatic carbocycles. The summed E-state index contributed by atoms with van der Waals surface area (Å²) in [5, 5.41) is 15.3. The monoisotopic (exact) mass is 231 g/mol. The molecule has 90 valence electrons. The maximum Gasteiger partial charge on any atom is 0.158 e. The van der Waals surface area contributed by atoms with Crippen LogP contribution in [0, 0.1) is 11.3 Å². The molecule has 0 unspecified atom stereocenters. The van der Waals surface area contributed by atoms with Crippen molar-refractivity contribution < 1.29 is 0 Å². The van der Waals surface area contributed by atoms with Gasteiger partial charge in [0, 0.05) is 12.1 Å². The lowest BCUT2D eigenvalue weighted by molar-refractivity contribution is 0.371. The Balaban J connectivity index is 1.87. The molecule has 5 nitrogen and oxygen atoms in total. The molecule has 17 heavy (non-hydrogen) atoms. The fraction of sp³-hybridized carbons (Fsp3) is 0.583. The summed E-state index contributed by atoms with van der Waals surface area (Å²) >= 11 is 0. The lowest BCUT2D eigenvalue weighted by Gasteiger charge is -2.29. The molecule has 1 aromatic rings. The lowest BCUT2D eigenvalue weighted by atomic mass is 9.91. The number of nitriles is 1. The number of hydrogen-bond acceptors (Lipinski definition) is 5. The average Bonchev–Trinajstić information content (AvgIpc) is 2.40. The molecule has 2 rings (SSSR count). The predicted octanol–water partition coefficient (Wildman–Crippen LogP) is 1.29. The molecular formula is C12H17N5. The summed E-state index contributed by atoms with van der Waals surface area (Å²) in [6.07, 6.45) is 7.81. The van der Waals surface area contributed by atoms with Crippen molar-refractivity contribution in [1.29, 1.82) is 5.26 Å². The van der Waals surface area contributed by atoms with Crippen molar-refractivity contribution in [1.82, 2.24) is 15.3 Å². The second-order valence-corrected chi connectivity index (χ2v) is 4.38. The number of rotatable bonds is 3. The molecule has 0 atom stereocenters. The van der Waals surface area contributed by atoms with Crippen molar-refractivity contribution in [3.05, 3.63) is 18.1 Å². The van der Waals surface area contributed by atoms with Crippen molar-refractivity contribution in [2.24, 2.45) is 0 Å². The van der Waals surface area contributed by atoms with Crippen molar-refractivity contribution >= 4 is 5.82 Å². The van der Waals surface area contributed by atoms with E-state index in [-0.39, 0.29) is 0 Å². The minimum Gasteiger partial charge on any atom is -0.366 e. The van der Waals surface area contributed by atoms with Gasteiger partial charge >= 0.3 is 0 Å². The van der Waals surface area contributed by atoms with E-state index in [4.69, 9.17) is 5.26 Å². The van der Waals surface area contributed by atoms with Crippen LogP contribution >= 0.6 is 0 Å². The predicted molar refractivity (Wildman–Crippen MR) is 65.5 cm³/mol. The fourth-order valence-corrected chi connectivity index (χ4v) is 2.20. The van der Waals surface area contributed by atoms with Gasteiger partial charge < -0.3 is 10.6 Å². The van der Waals surface area contributed by atoms with Crippen LogP contribution in [-0.4, -0.2) is 29.1 Å². The highest BCUT2D eigenvalue weighted by atomic mass is 15.0. The van der Waals surface area contributed by atoms with Crippen LogP contribution in [0.25, 0.3) is 0 Å². The second-order valence-electron chi connectivity index (χ2n) is 4.38. The van der Waals surface area contributed by atoms with Gasteiger partial charge in [-0.25, -0.2) is 9.97 Å². The summed E-state index contributed by atoms with van der Waals surface area (Å²) in [5.41, 5.74) is 0.356. The smallest absolute Gasteiger partial charge is 0.158 e. The Kier molecular flexibility index (Phi) is 3.89. The Labute approximate surface area is 101 Å². The average molecular weight is 231 g/mol. The molecule has 1 aromatic heterocycles. The van der Waals surface area contributed by atoms with E-state index in [1.54, 1.807) is 6.20 Å². The van der Waals surface area contributed by atoms with Crippen LogP contribution in [-0.2, 0) is 0 Å². The van der Waals surface area contributed by atoms with Crippen LogP contribution in [0.4, 0.5) is 5.82 Å². The first kappa shape index (κ1) is 11.8. The van der Waals surface area contributed by atoms with Gasteiger partial charge in [0.15, 0.2) is 5.69 Å². The molecule has 0 aliphatic heterocycles. The van der Waals surface area contributed by atoms with Gasteiger partial charge in [0.1, 0.15) is 11.9 Å². The van der Waals surface area contributed by atoms with E-state index in [1.165, 1.54) is 19.0 Å². The zero-order chi connectivity index (χ0) is 12.1. The highest BCUT2D eigenvalue weighted by Gasteiger charge is 2.19. The van der Waals surface area contributed by atoms with Gasteiger partial charge in [-0.15, -0.1) is 0 Å². The molecule has 0 radical (unpaired) electrons. The Hall–Kier alpha value is -1.67. The second kappa shape index (κ2) is 5.60. The van der Waals surface area contributed by atoms with Gasteiger partial charge in [-0.3, -0.25) is 0 Å². The molecule has 1 aliphatic rings. The molecule has 1 saturated carbocycles. The van der Waals surface area contributed by atoms with E-state index in [0.29, 0.717) is 17.8 Å². The maximum absolute atomic E-state index is 8.63. The van der Waals surface area contributed by atoms with Gasteiger partial charge in [-0.1, -0.05) is 0 Å². The normalized spacial score (nSPS) is 24.0. The van der Waals surface area contributed by atoms with Gasteiger partial charge in [-0.2, -0.15) is 5.26 Å². The van der Waals surface area contributed by atoms with E-state index >= 15 is 0 Å². The third-order valence-electron chi connectivity index (χ3n) is 3.25. The van der Waals surface area contributed by atoms with Crippen LogP contribution in [0.5, 0.6) is 0 Å². The van der Waals surface area contributed by atoms with Crippen LogP contribution in [0.15, 0.2) is 12.4 Å². The molecule has 5 heteroatoms. The topological polar surface area (TPSA) is 73.6 Å². The Morgan fingerprint density at radius 2 is 1.88 bits per heavy atom. The SMILES string of the molecule is CNC1CCC(Nc2cnc(C#N)cn2)CC1. The summed E-state index contributed by atoms with van der Waals surface area (Å²) in [7, 11) is 2.02. The number of hydrogen-bond donors (Lipinski definition) is 2. The highest BCUT2D eigenvalue weighted by molar-refractivity contribution is 5.34. The standard InChI is InChI=1S/C12H17N5/c1-14-9-2-4-10(5-3-9)17-12-8-15-11(6-13)7-16-12/h7-10,14H,2-5H2,1H3,(H,16,17). The molecule has 0 amide bonds. The summed E-state index contributed by atoms with van der Waals surface area (Å²) in [6, 6.07) is 3.09. The van der Waals surface area contributed by atoms with E-state index in [2.05, 4.69) is 20.6 Å². The van der Waals surface area contributed by atoms with E-state index in [1.807, 2.05) is 13.1 Å². The zero-order valence-corrected chi connectivity index (χ0v) is 9.98. The summed E-state index contributed by atoms with van der Waals surface area (Å²) in [6.45, 7) is 0. The van der Waals surface area contributed by atoms with Crippen molar-refractivity contribution in [2.45, 2.75) is 37.8 Å². The molecule has 0 spiro atoms. The van der Waals surface area contributed by atoms with Gasteiger partial charge in [0.2, 0.25) is 0 Å². The summed E-state index contributed by atoms with van der Waals surface area (Å²) in [4.78, 5) is 8.17. The van der Waals surface area contributed by atoms with Crippen LogP contribution in [0.1, 0.15) is 31.4 Å². The quantitative estimate of drug-likeness (QED) is 0.820. The van der Waals surface area contributed by atoms with Gasteiger partial charge in [0.25, 0.3) is 0 Å². The third-order valence-corrected chi connectivity index (χ3v) is 3.25. The lowest BCUT2D eigenvalue weighted by Crippen LogP contribution is -2.35. The van der Waals surface area contributed by atoms with Crippen molar-refractivity contribution in [2.75, 3.05) is 12.4 Å². The Morgan fingerprint density at radius 1 is 1.18 bits per heavy atom. The number of anilines is 1. The largest absolute Gasteiger partial charge is 0.366 e. The summed E-state index contributed by atoms with van der Waals surface area (Å²) in [5.74, 6) is 0.761. The Bertz CT molecular complexity index is 386. The maximum atomic E-state index is 8.63. The van der Waals surface area contributed by atoms with Crippen molar-refractivity contribution in [3.8, 4) is 6.07 Å². The molecule has 1 fully saturated rings. The number of aromatic nitrogens is 2. The van der Waals surface area contributed by atoms with Crippen LogP contribution in [0.2, 0.25) is 0 Å². The minimum atomic E-state index is 0.356. The highest BCUT2D eigenvalue weighted by Crippen LogP contribution is 2.20. The minimum absolute atomic E-state index is 0.356. The van der Waals surface area contributed by atoms with E-state index in [9.17, 15) is 0 Å². The fourth-order valence-electron chi connectivity index (χ4n) is 2.20. The zero-order valence-electron chi connectivity index (χ0n) is 9.98. The van der Waals surface area contributed by atoms with Gasteiger partial charge in [-0.05, 0) is 32.7 Å². The van der Waals surface area contributed by atoms with Crippen LogP contribution < -0.4 is 10.6 Å². The summed E-state index contributed by atoms with van der Waals surface area (Å²) < 4.78 is 0. The van der Waals surface area contributed by atoms with Gasteiger partial charge in [0.05, 0.1) is 12.4 Å². The van der Waals surface area contributed by atoms with Crippen LogP contribution in [0.3, 0.4) is 0 Å². The Morgan fingerprint density at radius 3 is 2.41 bits per heavy atom. The first-order valence-corrected chi connectivity index (χ1v) is 5.97. The first-order chi connectivity index (χ1) is 8.31. The van der Waals surface area contributed by atoms with Crippen molar-refractivity contribution in [3.63, 3.8) is 0 Å².